The molecule has 13 heteroatoms. The van der Waals surface area contributed by atoms with Gasteiger partial charge in [-0.2, -0.15) is 12.4 Å². The zero-order valence-corrected chi connectivity index (χ0v) is 18.7. The van der Waals surface area contributed by atoms with Crippen molar-refractivity contribution in [3.8, 4) is 0 Å². The highest BCUT2D eigenvalue weighted by molar-refractivity contribution is 7.93. The highest BCUT2D eigenvalue weighted by Gasteiger charge is 2.66. The van der Waals surface area contributed by atoms with Crippen LogP contribution in [0.5, 0.6) is 0 Å². The van der Waals surface area contributed by atoms with Gasteiger partial charge in [0, 0.05) is 0 Å². The molecule has 1 unspecified atom stereocenters. The quantitative estimate of drug-likeness (QED) is 0.349. The molecule has 0 saturated carbocycles. The summed E-state index contributed by atoms with van der Waals surface area (Å²) >= 11 is 12.1. The first kappa shape index (κ1) is 24.8. The number of halogens is 2. The van der Waals surface area contributed by atoms with Gasteiger partial charge in [-0.05, 0) is 41.5 Å². The number of hydrogen-bond donors (Lipinski definition) is 0. The molecule has 0 aromatic heterocycles. The minimum absolute atomic E-state index is 0.630. The van der Waals surface area contributed by atoms with E-state index in [9.17, 15) is 17.5 Å². The molecule has 0 fully saturated rings. The smallest absolute Gasteiger partial charge is 0.303 e. The summed E-state index contributed by atoms with van der Waals surface area (Å²) in [5, 5.41) is 0. The Morgan fingerprint density at radius 3 is 1.33 bits per heavy atom. The first-order valence-corrected chi connectivity index (χ1v) is 12.7. The molecular formula is C11H24Cl2O8P2S. The fourth-order valence-electron chi connectivity index (χ4n) is 1.44. The molecule has 0 spiro atoms. The van der Waals surface area contributed by atoms with E-state index in [0.29, 0.717) is 6.26 Å². The van der Waals surface area contributed by atoms with Gasteiger partial charge >= 0.3 is 19.0 Å². The van der Waals surface area contributed by atoms with E-state index in [1.807, 2.05) is 0 Å². The topological polar surface area (TPSA) is 105 Å². The third kappa shape index (κ3) is 6.86. The predicted molar refractivity (Wildman–Crippen MR) is 94.2 cm³/mol. The van der Waals surface area contributed by atoms with Crippen LogP contribution in [0.1, 0.15) is 41.5 Å². The maximum atomic E-state index is 13.1. The normalized spacial score (nSPS) is 16.8. The lowest BCUT2D eigenvalue weighted by Gasteiger charge is -2.35. The fourth-order valence-corrected chi connectivity index (χ4v) is 8.61. The minimum Gasteiger partial charge on any atom is -0.303 e. The molecule has 0 heterocycles. The summed E-state index contributed by atoms with van der Waals surface area (Å²) in [6.07, 6.45) is -1.54. The van der Waals surface area contributed by atoms with E-state index >= 15 is 0 Å². The largest absolute Gasteiger partial charge is 0.393 e. The average Bonchev–Trinajstić information content (AvgIpc) is 2.21. The molecule has 24 heavy (non-hydrogen) atoms. The molecule has 0 amide bonds. The molecule has 0 aromatic rings. The third-order valence-electron chi connectivity index (χ3n) is 1.94. The fraction of sp³-hybridized carbons (Fsp3) is 1.00. The van der Waals surface area contributed by atoms with Gasteiger partial charge in [0.15, 0.2) is 0 Å². The highest BCUT2D eigenvalue weighted by atomic mass is 35.5. The van der Waals surface area contributed by atoms with Crippen LogP contribution in [0.2, 0.25) is 0 Å². The van der Waals surface area contributed by atoms with E-state index in [-0.39, 0.29) is 0 Å². The molecule has 0 N–H and O–H groups in total. The van der Waals surface area contributed by atoms with Crippen LogP contribution in [0.15, 0.2) is 0 Å². The van der Waals surface area contributed by atoms with E-state index in [1.165, 1.54) is 41.5 Å². The van der Waals surface area contributed by atoms with Gasteiger partial charge in [0.05, 0.1) is 24.6 Å². The Labute approximate surface area is 153 Å². The molecular weight excluding hydrogens is 425 g/mol. The van der Waals surface area contributed by atoms with Crippen LogP contribution in [0.4, 0.5) is 0 Å². The van der Waals surface area contributed by atoms with E-state index in [1.54, 1.807) is 0 Å². The molecule has 0 bridgehead atoms. The second-order valence-electron chi connectivity index (χ2n) is 5.75. The van der Waals surface area contributed by atoms with Crippen LogP contribution < -0.4 is 0 Å². The van der Waals surface area contributed by atoms with Gasteiger partial charge in [-0.3, -0.25) is 9.13 Å². The summed E-state index contributed by atoms with van der Waals surface area (Å²) in [6.45, 7) is 8.97. The molecule has 8 nitrogen and oxygen atoms in total. The Morgan fingerprint density at radius 2 is 1.08 bits per heavy atom. The molecule has 0 aromatic carbocycles. The van der Waals surface area contributed by atoms with Crippen molar-refractivity contribution in [2.75, 3.05) is 6.26 Å². The second-order valence-corrected chi connectivity index (χ2v) is 14.4. The van der Waals surface area contributed by atoms with Gasteiger partial charge in [0.25, 0.3) is 10.1 Å². The number of alkyl halides is 2. The average molecular weight is 449 g/mol. The monoisotopic (exact) mass is 448 g/mol. The van der Waals surface area contributed by atoms with Crippen LogP contribution in [0.25, 0.3) is 0 Å². The summed E-state index contributed by atoms with van der Waals surface area (Å²) in [5.41, 5.74) is 0. The summed E-state index contributed by atoms with van der Waals surface area (Å²) < 4.78 is 66.2. The van der Waals surface area contributed by atoms with Gasteiger partial charge in [0.1, 0.15) is 0 Å². The van der Waals surface area contributed by atoms with Crippen molar-refractivity contribution in [2.24, 2.45) is 0 Å². The molecule has 146 valence electrons. The van der Waals surface area contributed by atoms with E-state index in [0.717, 1.165) is 0 Å². The van der Waals surface area contributed by atoms with Crippen LogP contribution >= 0.6 is 38.4 Å². The van der Waals surface area contributed by atoms with Crippen molar-refractivity contribution in [3.63, 3.8) is 0 Å². The lowest BCUT2D eigenvalue weighted by Crippen LogP contribution is -2.26. The van der Waals surface area contributed by atoms with Crippen LogP contribution in [-0.4, -0.2) is 36.8 Å². The SMILES string of the molecule is CC(C)OP(=O)(OC(C)C)C(Cl)(Cl)P(=O)(OC(C)C)OS(C)(=O)=O. The van der Waals surface area contributed by atoms with Crippen molar-refractivity contribution < 1.29 is 35.1 Å². The lowest BCUT2D eigenvalue weighted by molar-refractivity contribution is 0.138. The molecule has 0 aliphatic heterocycles. The standard InChI is InChI=1S/C11H24Cl2O8P2S/c1-8(2)18-22(14,19-9(3)4)11(12,13)23(15,20-10(5)6)21-24(7,16)17/h8-10H,1-7H3. The molecule has 0 aliphatic rings. The summed E-state index contributed by atoms with van der Waals surface area (Å²) in [7, 11) is -13.8. The molecule has 0 aliphatic carbocycles. The summed E-state index contributed by atoms with van der Waals surface area (Å²) in [4.78, 5) is 0. The van der Waals surface area contributed by atoms with Gasteiger partial charge in [-0.25, -0.2) is 0 Å². The molecule has 0 rings (SSSR count). The van der Waals surface area contributed by atoms with Crippen molar-refractivity contribution in [1.82, 2.24) is 0 Å². The first-order valence-electron chi connectivity index (χ1n) is 7.00. The van der Waals surface area contributed by atoms with Gasteiger partial charge in [-0.15, -0.1) is 0 Å². The van der Waals surface area contributed by atoms with Crippen molar-refractivity contribution >= 4 is 48.5 Å². The first-order chi connectivity index (χ1) is 10.5. The Morgan fingerprint density at radius 1 is 0.792 bits per heavy atom. The zero-order valence-electron chi connectivity index (χ0n) is 14.6. The maximum absolute atomic E-state index is 13.1. The van der Waals surface area contributed by atoms with E-state index in [4.69, 9.17) is 36.8 Å². The lowest BCUT2D eigenvalue weighted by atomic mass is 10.5. The Hall–Kier alpha value is 0.830. The van der Waals surface area contributed by atoms with Crippen molar-refractivity contribution in [1.29, 1.82) is 0 Å². The summed E-state index contributed by atoms with van der Waals surface area (Å²) in [5.74, 6) is 0. The van der Waals surface area contributed by atoms with E-state index < -0.39 is 47.4 Å². The Kier molecular flexibility index (Phi) is 8.98. The third-order valence-corrected chi connectivity index (χ3v) is 11.2. The Bertz CT molecular complexity index is 604. The number of hydrogen-bond acceptors (Lipinski definition) is 8. The van der Waals surface area contributed by atoms with Crippen LogP contribution in [-0.2, 0) is 36.8 Å². The zero-order chi connectivity index (χ0) is 19.6. The van der Waals surface area contributed by atoms with Gasteiger partial charge in [0.2, 0.25) is 0 Å². The highest BCUT2D eigenvalue weighted by Crippen LogP contribution is 2.82. The van der Waals surface area contributed by atoms with Crippen molar-refractivity contribution in [3.05, 3.63) is 0 Å². The molecule has 1 atom stereocenters. The number of rotatable bonds is 10. The van der Waals surface area contributed by atoms with Crippen molar-refractivity contribution in [2.45, 2.75) is 63.7 Å². The summed E-state index contributed by atoms with van der Waals surface area (Å²) in [6, 6.07) is 0. The minimum atomic E-state index is -4.90. The van der Waals surface area contributed by atoms with Crippen LogP contribution in [0, 0.1) is 0 Å². The second kappa shape index (κ2) is 8.68. The Balaban J connectivity index is 6.27. The maximum Gasteiger partial charge on any atom is 0.393 e. The molecule has 0 radical (unpaired) electrons. The van der Waals surface area contributed by atoms with Gasteiger partial charge < -0.3 is 13.6 Å². The van der Waals surface area contributed by atoms with E-state index in [2.05, 4.69) is 3.97 Å². The molecule has 0 saturated heterocycles. The van der Waals surface area contributed by atoms with Gasteiger partial charge in [-0.1, -0.05) is 23.2 Å². The van der Waals surface area contributed by atoms with Crippen LogP contribution in [0.3, 0.4) is 0 Å². The predicted octanol–water partition coefficient (Wildman–Crippen LogP) is 4.71.